The Morgan fingerprint density at radius 3 is 2.91 bits per heavy atom. The van der Waals surface area contributed by atoms with Crippen molar-refractivity contribution in [1.29, 1.82) is 0 Å². The molecule has 1 atom stereocenters. The molecule has 0 fully saturated rings. The summed E-state index contributed by atoms with van der Waals surface area (Å²) >= 11 is 0. The first-order chi connectivity index (χ1) is 5.24. The van der Waals surface area contributed by atoms with Crippen LogP contribution in [0.3, 0.4) is 0 Å². The first kappa shape index (κ1) is 8.38. The van der Waals surface area contributed by atoms with E-state index < -0.39 is 0 Å². The molecule has 11 heavy (non-hydrogen) atoms. The smallest absolute Gasteiger partial charge is 0.0783 e. The maximum absolute atomic E-state index is 8.77. The summed E-state index contributed by atoms with van der Waals surface area (Å²) in [5.41, 5.74) is 2.61. The van der Waals surface area contributed by atoms with Gasteiger partial charge < -0.3 is 5.11 Å². The zero-order valence-electron chi connectivity index (χ0n) is 7.30. The normalized spacial score (nSPS) is 26.5. The number of aliphatic hydroxyl groups is 1. The van der Waals surface area contributed by atoms with E-state index in [1.807, 2.05) is 6.92 Å². The Labute approximate surface area is 68.4 Å². The van der Waals surface area contributed by atoms with Gasteiger partial charge in [0.1, 0.15) is 0 Å². The van der Waals surface area contributed by atoms with Crippen molar-refractivity contribution in [3.63, 3.8) is 0 Å². The van der Waals surface area contributed by atoms with Gasteiger partial charge in [0.2, 0.25) is 0 Å². The second-order valence-electron chi connectivity index (χ2n) is 3.39. The molecule has 0 spiro atoms. The van der Waals surface area contributed by atoms with E-state index in [0.717, 1.165) is 12.0 Å². The molecule has 0 aromatic carbocycles. The second kappa shape index (κ2) is 3.61. The van der Waals surface area contributed by atoms with E-state index in [9.17, 15) is 0 Å². The number of aliphatic hydroxyl groups excluding tert-OH is 1. The number of rotatable bonds is 1. The van der Waals surface area contributed by atoms with E-state index in [1.165, 1.54) is 24.7 Å². The molecule has 1 aliphatic carbocycles. The zero-order valence-corrected chi connectivity index (χ0v) is 7.30. The van der Waals surface area contributed by atoms with Crippen LogP contribution in [0.5, 0.6) is 0 Å². The van der Waals surface area contributed by atoms with Crippen LogP contribution in [-0.4, -0.2) is 5.11 Å². The maximum atomic E-state index is 8.77. The lowest BCUT2D eigenvalue weighted by Crippen LogP contribution is -2.05. The molecule has 1 N–H and O–H groups in total. The summed E-state index contributed by atoms with van der Waals surface area (Å²) in [4.78, 5) is 0. The van der Waals surface area contributed by atoms with Crippen molar-refractivity contribution >= 4 is 0 Å². The van der Waals surface area contributed by atoms with Gasteiger partial charge >= 0.3 is 0 Å². The van der Waals surface area contributed by atoms with E-state index in [2.05, 4.69) is 13.0 Å². The average molecular weight is 152 g/mol. The molecule has 0 aromatic heterocycles. The van der Waals surface area contributed by atoms with Crippen molar-refractivity contribution in [2.24, 2.45) is 5.92 Å². The van der Waals surface area contributed by atoms with Crippen molar-refractivity contribution in [3.8, 4) is 0 Å². The van der Waals surface area contributed by atoms with Crippen LogP contribution < -0.4 is 0 Å². The molecule has 0 radical (unpaired) electrons. The Kier molecular flexibility index (Phi) is 2.75. The van der Waals surface area contributed by atoms with Crippen LogP contribution >= 0.6 is 0 Å². The highest BCUT2D eigenvalue weighted by Crippen LogP contribution is 2.28. The van der Waals surface area contributed by atoms with Crippen molar-refractivity contribution in [1.82, 2.24) is 0 Å². The summed E-state index contributed by atoms with van der Waals surface area (Å²) in [7, 11) is 0. The minimum atomic E-state index is 0.587. The zero-order chi connectivity index (χ0) is 8.27. The van der Waals surface area contributed by atoms with E-state index in [-0.39, 0.29) is 0 Å². The molecule has 0 bridgehead atoms. The van der Waals surface area contributed by atoms with E-state index >= 15 is 0 Å². The standard InChI is InChI=1S/C10H16O/c1-8-3-5-10(6-4-8)9(2)7-11/h3,7,10-11H,4-6H2,1-2H3/b9-7+/t10-/m1/s1. The van der Waals surface area contributed by atoms with Crippen LogP contribution in [0.1, 0.15) is 33.1 Å². The third-order valence-corrected chi connectivity index (χ3v) is 2.49. The van der Waals surface area contributed by atoms with Gasteiger partial charge in [0, 0.05) is 0 Å². The first-order valence-electron chi connectivity index (χ1n) is 4.20. The quantitative estimate of drug-likeness (QED) is 0.452. The molecular formula is C10H16O. The third kappa shape index (κ3) is 2.11. The van der Waals surface area contributed by atoms with Gasteiger partial charge in [0.05, 0.1) is 6.26 Å². The van der Waals surface area contributed by atoms with E-state index in [0.29, 0.717) is 5.92 Å². The van der Waals surface area contributed by atoms with Gasteiger partial charge in [-0.3, -0.25) is 0 Å². The molecule has 1 heteroatoms. The van der Waals surface area contributed by atoms with Crippen molar-refractivity contribution in [2.45, 2.75) is 33.1 Å². The van der Waals surface area contributed by atoms with Gasteiger partial charge in [-0.1, -0.05) is 11.6 Å². The van der Waals surface area contributed by atoms with E-state index in [4.69, 9.17) is 5.11 Å². The highest BCUT2D eigenvalue weighted by molar-refractivity contribution is 5.10. The van der Waals surface area contributed by atoms with Gasteiger partial charge in [-0.25, -0.2) is 0 Å². The Bertz CT molecular complexity index is 189. The maximum Gasteiger partial charge on any atom is 0.0783 e. The molecule has 0 unspecified atom stereocenters. The monoisotopic (exact) mass is 152 g/mol. The van der Waals surface area contributed by atoms with Gasteiger partial charge in [-0.15, -0.1) is 0 Å². The fourth-order valence-corrected chi connectivity index (χ4v) is 1.48. The van der Waals surface area contributed by atoms with E-state index in [1.54, 1.807) is 0 Å². The fraction of sp³-hybridized carbons (Fsp3) is 0.600. The van der Waals surface area contributed by atoms with Gasteiger partial charge in [0.15, 0.2) is 0 Å². The number of hydrogen-bond acceptors (Lipinski definition) is 1. The predicted octanol–water partition coefficient (Wildman–Crippen LogP) is 3.19. The number of hydrogen-bond donors (Lipinski definition) is 1. The van der Waals surface area contributed by atoms with Gasteiger partial charge in [-0.05, 0) is 44.6 Å². The van der Waals surface area contributed by atoms with Gasteiger partial charge in [-0.2, -0.15) is 0 Å². The molecule has 0 saturated carbocycles. The topological polar surface area (TPSA) is 20.2 Å². The minimum Gasteiger partial charge on any atom is -0.516 e. The summed E-state index contributed by atoms with van der Waals surface area (Å²) in [5.74, 6) is 0.587. The van der Waals surface area contributed by atoms with Crippen LogP contribution in [0.2, 0.25) is 0 Å². The van der Waals surface area contributed by atoms with Crippen molar-refractivity contribution in [3.05, 3.63) is 23.5 Å². The SMILES string of the molecule is CC1=CC[C@@H](/C(C)=C/O)CC1. The molecule has 1 aliphatic rings. The molecule has 1 nitrogen and oxygen atoms in total. The lowest BCUT2D eigenvalue weighted by atomic mass is 9.86. The van der Waals surface area contributed by atoms with Crippen LogP contribution in [-0.2, 0) is 0 Å². The molecule has 0 aliphatic heterocycles. The average Bonchev–Trinajstić information content (AvgIpc) is 2.05. The first-order valence-corrected chi connectivity index (χ1v) is 4.20. The number of allylic oxidation sites excluding steroid dienone is 3. The Morgan fingerprint density at radius 2 is 2.45 bits per heavy atom. The summed E-state index contributed by atoms with van der Waals surface area (Å²) in [6.45, 7) is 4.17. The highest BCUT2D eigenvalue weighted by Gasteiger charge is 2.13. The third-order valence-electron chi connectivity index (χ3n) is 2.49. The lowest BCUT2D eigenvalue weighted by molar-refractivity contribution is 0.442. The van der Waals surface area contributed by atoms with Crippen LogP contribution in [0.25, 0.3) is 0 Å². The van der Waals surface area contributed by atoms with Crippen molar-refractivity contribution < 1.29 is 5.11 Å². The molecule has 0 amide bonds. The summed E-state index contributed by atoms with van der Waals surface area (Å²) in [6.07, 6.45) is 7.02. The summed E-state index contributed by atoms with van der Waals surface area (Å²) < 4.78 is 0. The molecular weight excluding hydrogens is 136 g/mol. The Hall–Kier alpha value is -0.720. The highest BCUT2D eigenvalue weighted by atomic mass is 16.2. The largest absolute Gasteiger partial charge is 0.516 e. The Balaban J connectivity index is 2.54. The molecule has 62 valence electrons. The van der Waals surface area contributed by atoms with Gasteiger partial charge in [0.25, 0.3) is 0 Å². The minimum absolute atomic E-state index is 0.587. The van der Waals surface area contributed by atoms with Crippen molar-refractivity contribution in [2.75, 3.05) is 0 Å². The van der Waals surface area contributed by atoms with Crippen LogP contribution in [0.4, 0.5) is 0 Å². The molecule has 0 saturated heterocycles. The second-order valence-corrected chi connectivity index (χ2v) is 3.39. The predicted molar refractivity (Wildman–Crippen MR) is 47.5 cm³/mol. The lowest BCUT2D eigenvalue weighted by Gasteiger charge is -2.20. The fourth-order valence-electron chi connectivity index (χ4n) is 1.48. The van der Waals surface area contributed by atoms with Crippen LogP contribution in [0, 0.1) is 5.92 Å². The molecule has 1 rings (SSSR count). The summed E-state index contributed by atoms with van der Waals surface area (Å²) in [5, 5.41) is 8.77. The molecule has 0 aromatic rings. The Morgan fingerprint density at radius 1 is 1.73 bits per heavy atom. The van der Waals surface area contributed by atoms with Crippen LogP contribution in [0.15, 0.2) is 23.5 Å². The summed E-state index contributed by atoms with van der Waals surface area (Å²) in [6, 6.07) is 0. The molecule has 0 heterocycles.